The van der Waals surface area contributed by atoms with Crippen LogP contribution in [0, 0.1) is 0 Å². The van der Waals surface area contributed by atoms with Crippen LogP contribution >= 0.6 is 0 Å². The van der Waals surface area contributed by atoms with Crippen LogP contribution in [0.2, 0.25) is 0 Å². The molecule has 6 heteroatoms. The summed E-state index contributed by atoms with van der Waals surface area (Å²) >= 11 is 0. The molecule has 0 aliphatic carbocycles. The van der Waals surface area contributed by atoms with Gasteiger partial charge in [-0.15, -0.1) is 0 Å². The molecular formula is C26H29N3O3. The van der Waals surface area contributed by atoms with Crippen molar-refractivity contribution < 1.29 is 14.3 Å². The fourth-order valence-electron chi connectivity index (χ4n) is 3.70. The van der Waals surface area contributed by atoms with Crippen molar-refractivity contribution in [2.45, 2.75) is 19.4 Å². The molecule has 1 aliphatic heterocycles. The van der Waals surface area contributed by atoms with Gasteiger partial charge in [0.15, 0.2) is 11.5 Å². The van der Waals surface area contributed by atoms with Gasteiger partial charge in [0.2, 0.25) is 0 Å². The lowest BCUT2D eigenvalue weighted by atomic mass is 9.98. The summed E-state index contributed by atoms with van der Waals surface area (Å²) in [6.45, 7) is 3.79. The van der Waals surface area contributed by atoms with Crippen molar-refractivity contribution in [3.8, 4) is 11.5 Å². The molecule has 3 aromatic rings. The Bertz CT molecular complexity index is 1080. The third-order valence-corrected chi connectivity index (χ3v) is 5.62. The molecular weight excluding hydrogens is 402 g/mol. The van der Waals surface area contributed by atoms with Gasteiger partial charge in [-0.3, -0.25) is 0 Å². The molecule has 0 atom stereocenters. The van der Waals surface area contributed by atoms with E-state index in [0.29, 0.717) is 22.9 Å². The second-order valence-corrected chi connectivity index (χ2v) is 8.77. The molecule has 166 valence electrons. The Morgan fingerprint density at radius 1 is 0.812 bits per heavy atom. The van der Waals surface area contributed by atoms with Crippen molar-refractivity contribution in [2.75, 3.05) is 42.9 Å². The highest BCUT2D eigenvalue weighted by atomic mass is 16.6. The maximum Gasteiger partial charge on any atom is 0.420 e. The molecule has 0 radical (unpaired) electrons. The van der Waals surface area contributed by atoms with Gasteiger partial charge in [0.05, 0.1) is 11.4 Å². The molecule has 1 amide bonds. The number of rotatable bonds is 4. The van der Waals surface area contributed by atoms with Crippen molar-refractivity contribution in [1.29, 1.82) is 0 Å². The lowest BCUT2D eigenvalue weighted by Crippen LogP contribution is -2.35. The van der Waals surface area contributed by atoms with Gasteiger partial charge in [0.25, 0.3) is 0 Å². The number of benzene rings is 3. The van der Waals surface area contributed by atoms with Crippen LogP contribution in [0.4, 0.5) is 27.5 Å². The number of nitrogens with zero attached hydrogens (tertiary/aromatic N) is 3. The molecule has 4 rings (SSSR count). The molecule has 3 aromatic carbocycles. The van der Waals surface area contributed by atoms with E-state index in [0.717, 1.165) is 16.9 Å². The van der Waals surface area contributed by atoms with Gasteiger partial charge >= 0.3 is 6.09 Å². The fraction of sp³-hybridized carbons (Fsp3) is 0.269. The fourth-order valence-corrected chi connectivity index (χ4v) is 3.70. The first kappa shape index (κ1) is 21.6. The van der Waals surface area contributed by atoms with Crippen LogP contribution in [-0.2, 0) is 10.3 Å². The summed E-state index contributed by atoms with van der Waals surface area (Å²) < 4.78 is 12.3. The van der Waals surface area contributed by atoms with E-state index < -0.39 is 11.7 Å². The third kappa shape index (κ3) is 3.96. The Morgan fingerprint density at radius 3 is 1.78 bits per heavy atom. The maximum atomic E-state index is 13.6. The van der Waals surface area contributed by atoms with Gasteiger partial charge in [0.1, 0.15) is 5.60 Å². The van der Waals surface area contributed by atoms with E-state index >= 15 is 0 Å². The number of carbonyl (C=O) groups is 1. The highest BCUT2D eigenvalue weighted by molar-refractivity contribution is 6.01. The highest BCUT2D eigenvalue weighted by Crippen LogP contribution is 2.49. The first-order valence-corrected chi connectivity index (χ1v) is 10.6. The summed E-state index contributed by atoms with van der Waals surface area (Å²) in [7, 11) is 7.88. The maximum absolute atomic E-state index is 13.6. The summed E-state index contributed by atoms with van der Waals surface area (Å²) in [5, 5.41) is 0. The molecule has 1 heterocycles. The molecule has 0 N–H and O–H groups in total. The minimum atomic E-state index is -0.801. The molecule has 0 saturated carbocycles. The average Bonchev–Trinajstić information content (AvgIpc) is 2.76. The molecule has 0 spiro atoms. The topological polar surface area (TPSA) is 45.2 Å². The van der Waals surface area contributed by atoms with E-state index in [1.54, 1.807) is 4.90 Å². The predicted molar refractivity (Wildman–Crippen MR) is 130 cm³/mol. The van der Waals surface area contributed by atoms with Crippen LogP contribution in [0.25, 0.3) is 0 Å². The summed E-state index contributed by atoms with van der Waals surface area (Å²) in [5.41, 5.74) is 3.38. The van der Waals surface area contributed by atoms with Crippen molar-refractivity contribution in [2.24, 2.45) is 0 Å². The van der Waals surface area contributed by atoms with Crippen LogP contribution in [0.1, 0.15) is 19.4 Å². The van der Waals surface area contributed by atoms with Crippen molar-refractivity contribution >= 4 is 28.8 Å². The number of anilines is 4. The van der Waals surface area contributed by atoms with Gasteiger partial charge in [0, 0.05) is 51.7 Å². The number of fused-ring (bicyclic) bond motifs is 2. The average molecular weight is 432 g/mol. The Hall–Kier alpha value is -3.67. The first-order chi connectivity index (χ1) is 15.2. The number of ether oxygens (including phenoxy) is 2. The predicted octanol–water partition coefficient (Wildman–Crippen LogP) is 6.13. The van der Waals surface area contributed by atoms with E-state index in [4.69, 9.17) is 9.47 Å². The van der Waals surface area contributed by atoms with Crippen LogP contribution in [0.5, 0.6) is 11.5 Å². The molecule has 1 aliphatic rings. The quantitative estimate of drug-likeness (QED) is 0.497. The van der Waals surface area contributed by atoms with Gasteiger partial charge in [-0.25, -0.2) is 9.69 Å². The monoisotopic (exact) mass is 431 g/mol. The van der Waals surface area contributed by atoms with Gasteiger partial charge in [-0.1, -0.05) is 30.3 Å². The molecule has 0 unspecified atom stereocenters. The smallest absolute Gasteiger partial charge is 0.420 e. The Labute approximate surface area is 189 Å². The van der Waals surface area contributed by atoms with Gasteiger partial charge in [-0.05, 0) is 43.7 Å². The highest BCUT2D eigenvalue weighted by Gasteiger charge is 2.35. The van der Waals surface area contributed by atoms with Crippen molar-refractivity contribution in [3.63, 3.8) is 0 Å². The van der Waals surface area contributed by atoms with Crippen LogP contribution < -0.4 is 19.4 Å². The lowest BCUT2D eigenvalue weighted by molar-refractivity contribution is 0.0429. The van der Waals surface area contributed by atoms with E-state index in [-0.39, 0.29) is 0 Å². The molecule has 32 heavy (non-hydrogen) atoms. The lowest BCUT2D eigenvalue weighted by Gasteiger charge is -2.34. The summed E-state index contributed by atoms with van der Waals surface area (Å²) in [6, 6.07) is 21.3. The van der Waals surface area contributed by atoms with E-state index in [1.165, 1.54) is 0 Å². The molecule has 0 aromatic heterocycles. The van der Waals surface area contributed by atoms with E-state index in [2.05, 4.69) is 0 Å². The van der Waals surface area contributed by atoms with Crippen LogP contribution in [-0.4, -0.2) is 34.3 Å². The zero-order valence-corrected chi connectivity index (χ0v) is 19.4. The number of hydrogen-bond donors (Lipinski definition) is 0. The number of hydrogen-bond acceptors (Lipinski definition) is 5. The number of carbonyl (C=O) groups excluding carboxylic acids is 1. The first-order valence-electron chi connectivity index (χ1n) is 10.6. The largest absolute Gasteiger partial charge is 0.453 e. The van der Waals surface area contributed by atoms with Crippen molar-refractivity contribution in [3.05, 3.63) is 72.3 Å². The zero-order valence-electron chi connectivity index (χ0n) is 19.4. The standard InChI is InChI=1S/C26H29N3O3/c1-26(2,18-10-8-7-9-11-18)32-25(30)29-21-14-12-19(27(3)4)16-23(21)31-24-17-20(28(5)6)13-15-22(24)29/h7-17H,1-6H3. The normalized spacial score (nSPS) is 12.4. The molecule has 0 saturated heterocycles. The van der Waals surface area contributed by atoms with Gasteiger partial charge < -0.3 is 19.3 Å². The van der Waals surface area contributed by atoms with E-state index in [1.807, 2.05) is 119 Å². The second-order valence-electron chi connectivity index (χ2n) is 8.77. The molecule has 0 fully saturated rings. The zero-order chi connectivity index (χ0) is 23.0. The Balaban J connectivity index is 1.78. The summed E-state index contributed by atoms with van der Waals surface area (Å²) in [4.78, 5) is 19.2. The Kier molecular flexibility index (Phi) is 5.46. The summed E-state index contributed by atoms with van der Waals surface area (Å²) in [5.74, 6) is 1.21. The van der Waals surface area contributed by atoms with Crippen LogP contribution in [0.3, 0.4) is 0 Å². The SMILES string of the molecule is CN(C)c1ccc2c(c1)Oc1cc(N(C)C)ccc1N2C(=O)OC(C)(C)c1ccccc1. The molecule has 6 nitrogen and oxygen atoms in total. The molecule has 0 bridgehead atoms. The van der Waals surface area contributed by atoms with Crippen LogP contribution in [0.15, 0.2) is 66.7 Å². The minimum Gasteiger partial charge on any atom is -0.453 e. The number of amides is 1. The van der Waals surface area contributed by atoms with Gasteiger partial charge in [-0.2, -0.15) is 0 Å². The second kappa shape index (κ2) is 8.11. The Morgan fingerprint density at radius 2 is 1.31 bits per heavy atom. The van der Waals surface area contributed by atoms with E-state index in [9.17, 15) is 4.79 Å². The van der Waals surface area contributed by atoms with Crippen molar-refractivity contribution in [1.82, 2.24) is 0 Å². The minimum absolute atomic E-state index is 0.458. The third-order valence-electron chi connectivity index (χ3n) is 5.62. The summed E-state index contributed by atoms with van der Waals surface area (Å²) in [6.07, 6.45) is -0.458.